The van der Waals surface area contributed by atoms with Gasteiger partial charge in [-0.1, -0.05) is 30.3 Å². The van der Waals surface area contributed by atoms with E-state index in [4.69, 9.17) is 4.74 Å². The van der Waals surface area contributed by atoms with Crippen LogP contribution in [0.2, 0.25) is 0 Å². The van der Waals surface area contributed by atoms with Crippen molar-refractivity contribution in [3.8, 4) is 0 Å². The van der Waals surface area contributed by atoms with Crippen LogP contribution in [-0.2, 0) is 17.8 Å². The Hall–Kier alpha value is -2.56. The lowest BCUT2D eigenvalue weighted by atomic mass is 10.1. The molecule has 0 aliphatic carbocycles. The number of amides is 1. The first-order valence-electron chi connectivity index (χ1n) is 8.42. The van der Waals surface area contributed by atoms with Crippen molar-refractivity contribution in [3.63, 3.8) is 0 Å². The summed E-state index contributed by atoms with van der Waals surface area (Å²) in [5.74, 6) is 0.905. The van der Waals surface area contributed by atoms with Crippen LogP contribution in [0.15, 0.2) is 42.6 Å². The molecule has 0 spiro atoms. The Morgan fingerprint density at radius 1 is 1.24 bits per heavy atom. The zero-order chi connectivity index (χ0) is 18.4. The fraction of sp³-hybridized carbons (Fsp3) is 0.400. The Kier molecular flexibility index (Phi) is 6.02. The highest BCUT2D eigenvalue weighted by atomic mass is 16.6. The average Bonchev–Trinajstić information content (AvgIpc) is 2.53. The van der Waals surface area contributed by atoms with Gasteiger partial charge in [-0.15, -0.1) is 0 Å². The van der Waals surface area contributed by atoms with E-state index < -0.39 is 11.7 Å². The highest BCUT2D eigenvalue weighted by Crippen LogP contribution is 2.17. The third-order valence-electron chi connectivity index (χ3n) is 3.68. The van der Waals surface area contributed by atoms with Gasteiger partial charge in [-0.25, -0.2) is 9.78 Å². The number of aryl methyl sites for hydroxylation is 1. The number of hydrogen-bond donors (Lipinski definition) is 1. The molecule has 0 fully saturated rings. The molecule has 0 atom stereocenters. The predicted octanol–water partition coefficient (Wildman–Crippen LogP) is 4.05. The van der Waals surface area contributed by atoms with Gasteiger partial charge in [0.15, 0.2) is 0 Å². The van der Waals surface area contributed by atoms with Crippen LogP contribution in [0, 0.1) is 6.92 Å². The maximum atomic E-state index is 11.8. The average molecular weight is 341 g/mol. The standard InChI is InChI=1S/C20H27N3O2/c1-15-11-18(23(5)14-16-9-7-6-8-10-16)21-12-17(15)13-22-19(24)25-20(2,3)4/h6-12H,13-14H2,1-5H3,(H,22,24). The topological polar surface area (TPSA) is 54.5 Å². The number of pyridine rings is 1. The SMILES string of the molecule is Cc1cc(N(C)Cc2ccccc2)ncc1CNC(=O)OC(C)(C)C. The molecule has 0 unspecified atom stereocenters. The molecular weight excluding hydrogens is 314 g/mol. The van der Waals surface area contributed by atoms with Gasteiger partial charge in [0, 0.05) is 26.3 Å². The van der Waals surface area contributed by atoms with Gasteiger partial charge in [-0.2, -0.15) is 0 Å². The second kappa shape index (κ2) is 8.01. The normalized spacial score (nSPS) is 11.1. The lowest BCUT2D eigenvalue weighted by Gasteiger charge is -2.21. The number of ether oxygens (including phenoxy) is 1. The maximum Gasteiger partial charge on any atom is 0.407 e. The van der Waals surface area contributed by atoms with Crippen LogP contribution in [0.3, 0.4) is 0 Å². The van der Waals surface area contributed by atoms with E-state index in [0.717, 1.165) is 23.5 Å². The third-order valence-corrected chi connectivity index (χ3v) is 3.68. The molecule has 1 aromatic carbocycles. The Labute approximate surface area is 150 Å². The van der Waals surface area contributed by atoms with Crippen LogP contribution in [0.25, 0.3) is 0 Å². The summed E-state index contributed by atoms with van der Waals surface area (Å²) in [6, 6.07) is 12.3. The van der Waals surface area contributed by atoms with Gasteiger partial charge < -0.3 is 15.0 Å². The number of rotatable bonds is 5. The van der Waals surface area contributed by atoms with Gasteiger partial charge in [-0.05, 0) is 50.5 Å². The molecule has 0 aliphatic rings. The van der Waals surface area contributed by atoms with Crippen LogP contribution in [0.4, 0.5) is 10.6 Å². The molecule has 0 aliphatic heterocycles. The van der Waals surface area contributed by atoms with Crippen molar-refractivity contribution in [1.82, 2.24) is 10.3 Å². The highest BCUT2D eigenvalue weighted by molar-refractivity contribution is 5.67. The van der Waals surface area contributed by atoms with Crippen molar-refractivity contribution in [3.05, 3.63) is 59.3 Å². The summed E-state index contributed by atoms with van der Waals surface area (Å²) in [4.78, 5) is 18.4. The predicted molar refractivity (Wildman–Crippen MR) is 101 cm³/mol. The summed E-state index contributed by atoms with van der Waals surface area (Å²) in [5.41, 5.74) is 2.80. The van der Waals surface area contributed by atoms with Crippen LogP contribution < -0.4 is 10.2 Å². The zero-order valence-electron chi connectivity index (χ0n) is 15.7. The summed E-state index contributed by atoms with van der Waals surface area (Å²) in [6.07, 6.45) is 1.39. The van der Waals surface area contributed by atoms with E-state index in [1.165, 1.54) is 5.56 Å². The van der Waals surface area contributed by atoms with Gasteiger partial charge in [-0.3, -0.25) is 0 Å². The second-order valence-electron chi connectivity index (χ2n) is 7.17. The van der Waals surface area contributed by atoms with Gasteiger partial charge in [0.1, 0.15) is 11.4 Å². The number of nitrogens with zero attached hydrogens (tertiary/aromatic N) is 2. The molecule has 1 N–H and O–H groups in total. The quantitative estimate of drug-likeness (QED) is 0.891. The van der Waals surface area contributed by atoms with Crippen molar-refractivity contribution >= 4 is 11.9 Å². The molecule has 0 saturated carbocycles. The summed E-state index contributed by atoms with van der Waals surface area (Å²) >= 11 is 0. The Bertz CT molecular complexity index is 709. The minimum atomic E-state index is -0.499. The van der Waals surface area contributed by atoms with Gasteiger partial charge in [0.2, 0.25) is 0 Å². The number of hydrogen-bond acceptors (Lipinski definition) is 4. The van der Waals surface area contributed by atoms with E-state index in [0.29, 0.717) is 6.54 Å². The first-order chi connectivity index (χ1) is 11.7. The fourth-order valence-corrected chi connectivity index (χ4v) is 2.38. The van der Waals surface area contributed by atoms with E-state index in [2.05, 4.69) is 27.3 Å². The first-order valence-corrected chi connectivity index (χ1v) is 8.42. The molecule has 0 saturated heterocycles. The molecule has 5 nitrogen and oxygen atoms in total. The largest absolute Gasteiger partial charge is 0.444 e. The van der Waals surface area contributed by atoms with Crippen molar-refractivity contribution < 1.29 is 9.53 Å². The molecule has 5 heteroatoms. The first kappa shape index (κ1) is 18.8. The molecule has 2 aromatic rings. The van der Waals surface area contributed by atoms with E-state index in [-0.39, 0.29) is 0 Å². The number of aromatic nitrogens is 1. The van der Waals surface area contributed by atoms with E-state index in [1.807, 2.05) is 65.2 Å². The second-order valence-corrected chi connectivity index (χ2v) is 7.17. The van der Waals surface area contributed by atoms with Crippen LogP contribution in [-0.4, -0.2) is 23.7 Å². The van der Waals surface area contributed by atoms with Crippen molar-refractivity contribution in [2.24, 2.45) is 0 Å². The number of carbonyl (C=O) groups excluding carboxylic acids is 1. The molecular formula is C20H27N3O2. The van der Waals surface area contributed by atoms with E-state index in [1.54, 1.807) is 0 Å². The number of anilines is 1. The lowest BCUT2D eigenvalue weighted by Crippen LogP contribution is -2.32. The van der Waals surface area contributed by atoms with Gasteiger partial charge in [0.05, 0.1) is 0 Å². The Morgan fingerprint density at radius 3 is 2.52 bits per heavy atom. The Balaban J connectivity index is 1.97. The van der Waals surface area contributed by atoms with Gasteiger partial charge in [0.25, 0.3) is 0 Å². The third kappa shape index (κ3) is 6.10. The lowest BCUT2D eigenvalue weighted by molar-refractivity contribution is 0.0523. The van der Waals surface area contributed by atoms with Crippen LogP contribution in [0.1, 0.15) is 37.5 Å². The zero-order valence-corrected chi connectivity index (χ0v) is 15.7. The highest BCUT2D eigenvalue weighted by Gasteiger charge is 2.16. The summed E-state index contributed by atoms with van der Waals surface area (Å²) in [7, 11) is 2.02. The van der Waals surface area contributed by atoms with Crippen molar-refractivity contribution in [2.75, 3.05) is 11.9 Å². The van der Waals surface area contributed by atoms with Crippen LogP contribution in [0.5, 0.6) is 0 Å². The molecule has 134 valence electrons. The molecule has 2 rings (SSSR count). The number of nitrogens with one attached hydrogen (secondary N) is 1. The van der Waals surface area contributed by atoms with E-state index in [9.17, 15) is 4.79 Å². The van der Waals surface area contributed by atoms with Crippen LogP contribution >= 0.6 is 0 Å². The molecule has 25 heavy (non-hydrogen) atoms. The molecule has 0 bridgehead atoms. The Morgan fingerprint density at radius 2 is 1.92 bits per heavy atom. The van der Waals surface area contributed by atoms with Crippen molar-refractivity contribution in [2.45, 2.75) is 46.4 Å². The molecule has 0 radical (unpaired) electrons. The summed E-state index contributed by atoms with van der Waals surface area (Å²) in [6.45, 7) is 8.75. The monoisotopic (exact) mass is 341 g/mol. The van der Waals surface area contributed by atoms with Crippen molar-refractivity contribution in [1.29, 1.82) is 0 Å². The van der Waals surface area contributed by atoms with E-state index >= 15 is 0 Å². The number of benzene rings is 1. The fourth-order valence-electron chi connectivity index (χ4n) is 2.38. The molecule has 1 amide bonds. The minimum absolute atomic E-state index is 0.399. The summed E-state index contributed by atoms with van der Waals surface area (Å²) in [5, 5.41) is 2.77. The maximum absolute atomic E-state index is 11.8. The smallest absolute Gasteiger partial charge is 0.407 e. The minimum Gasteiger partial charge on any atom is -0.444 e. The number of carbonyl (C=O) groups is 1. The summed E-state index contributed by atoms with van der Waals surface area (Å²) < 4.78 is 5.25. The molecule has 1 heterocycles. The number of alkyl carbamates (subject to hydrolysis) is 1. The van der Waals surface area contributed by atoms with Gasteiger partial charge >= 0.3 is 6.09 Å². The molecule has 1 aromatic heterocycles.